The van der Waals surface area contributed by atoms with E-state index in [1.165, 1.54) is 11.8 Å². The molecule has 0 saturated carbocycles. The molecule has 5 nitrogen and oxygen atoms in total. The quantitative estimate of drug-likeness (QED) is 0.727. The van der Waals surface area contributed by atoms with Crippen LogP contribution < -0.4 is 11.1 Å². The van der Waals surface area contributed by atoms with Crippen LogP contribution in [0.3, 0.4) is 0 Å². The molecule has 0 fully saturated rings. The average molecular weight is 233 g/mol. The smallest absolute Gasteiger partial charge is 0.264 e. The van der Waals surface area contributed by atoms with Crippen molar-refractivity contribution in [2.24, 2.45) is 0 Å². The normalized spacial score (nSPS) is 13.6. The van der Waals surface area contributed by atoms with Crippen molar-refractivity contribution in [3.63, 3.8) is 0 Å². The van der Waals surface area contributed by atoms with Gasteiger partial charge < -0.3 is 15.6 Å². The molecule has 1 aromatic carbocycles. The first-order valence-electron chi connectivity index (χ1n) is 4.59. The molecular weight excluding hydrogens is 226 g/mol. The van der Waals surface area contributed by atoms with Crippen LogP contribution in [0.2, 0.25) is 0 Å². The number of aromatic nitrogens is 1. The van der Waals surface area contributed by atoms with Crippen LogP contribution in [0.25, 0.3) is 0 Å². The molecule has 1 aliphatic rings. The minimum Gasteiger partial charge on any atom is -0.367 e. The van der Waals surface area contributed by atoms with E-state index in [2.05, 4.69) is 10.5 Å². The molecule has 0 unspecified atom stereocenters. The van der Waals surface area contributed by atoms with Crippen molar-refractivity contribution in [2.75, 3.05) is 11.1 Å². The highest BCUT2D eigenvalue weighted by molar-refractivity contribution is 7.99. The molecule has 0 bridgehead atoms. The van der Waals surface area contributed by atoms with Gasteiger partial charge in [-0.2, -0.15) is 0 Å². The highest BCUT2D eigenvalue weighted by atomic mass is 32.2. The Hall–Kier alpha value is -1.95. The lowest BCUT2D eigenvalue weighted by Gasteiger charge is -2.03. The van der Waals surface area contributed by atoms with Crippen molar-refractivity contribution in [1.29, 1.82) is 0 Å². The average Bonchev–Trinajstić information content (AvgIpc) is 2.56. The minimum absolute atomic E-state index is 0.0489. The number of nitrogens with one attached hydrogen (secondary N) is 1. The van der Waals surface area contributed by atoms with Crippen LogP contribution in [-0.4, -0.2) is 11.1 Å². The Morgan fingerprint density at radius 1 is 1.38 bits per heavy atom. The zero-order valence-electron chi connectivity index (χ0n) is 8.06. The second-order valence-corrected chi connectivity index (χ2v) is 4.31. The molecule has 1 aliphatic heterocycles. The van der Waals surface area contributed by atoms with Gasteiger partial charge in [0, 0.05) is 4.90 Å². The molecule has 2 heterocycles. The highest BCUT2D eigenvalue weighted by Crippen LogP contribution is 2.39. The summed E-state index contributed by atoms with van der Waals surface area (Å²) < 4.78 is 4.80. The van der Waals surface area contributed by atoms with E-state index < -0.39 is 0 Å². The fraction of sp³-hybridized carbons (Fsp3) is 0. The first-order valence-corrected chi connectivity index (χ1v) is 5.41. The van der Waals surface area contributed by atoms with Crippen LogP contribution in [-0.2, 0) is 0 Å². The van der Waals surface area contributed by atoms with Gasteiger partial charge in [-0.1, -0.05) is 29.1 Å². The number of rotatable bonds is 0. The zero-order chi connectivity index (χ0) is 11.1. The van der Waals surface area contributed by atoms with Gasteiger partial charge in [-0.05, 0) is 12.1 Å². The number of nitrogens with zero attached hydrogens (tertiary/aromatic N) is 1. The van der Waals surface area contributed by atoms with Crippen molar-refractivity contribution in [3.8, 4) is 0 Å². The Balaban J connectivity index is 2.19. The van der Waals surface area contributed by atoms with Crippen LogP contribution in [0, 0.1) is 0 Å². The van der Waals surface area contributed by atoms with Crippen molar-refractivity contribution in [1.82, 2.24) is 5.16 Å². The van der Waals surface area contributed by atoms with Crippen LogP contribution in [0.1, 0.15) is 10.4 Å². The largest absolute Gasteiger partial charge is 0.367 e. The van der Waals surface area contributed by atoms with Crippen LogP contribution >= 0.6 is 11.8 Å². The molecule has 16 heavy (non-hydrogen) atoms. The highest BCUT2D eigenvalue weighted by Gasteiger charge is 2.26. The lowest BCUT2D eigenvalue weighted by atomic mass is 10.3. The molecule has 6 heteroatoms. The Bertz CT molecular complexity index is 579. The SMILES string of the molecule is Nc1onc2c1C(=O)Nc1ccccc1S2. The number of amides is 1. The molecule has 0 atom stereocenters. The molecular formula is C10H7N3O2S. The number of benzene rings is 1. The number of nitrogen functional groups attached to an aromatic ring is 1. The fourth-order valence-electron chi connectivity index (χ4n) is 1.51. The van der Waals surface area contributed by atoms with Gasteiger partial charge in [-0.25, -0.2) is 0 Å². The molecule has 3 N–H and O–H groups in total. The Morgan fingerprint density at radius 3 is 3.06 bits per heavy atom. The third-order valence-corrected chi connectivity index (χ3v) is 3.30. The number of carbonyl (C=O) groups is 1. The summed E-state index contributed by atoms with van der Waals surface area (Å²) in [7, 11) is 0. The van der Waals surface area contributed by atoms with Gasteiger partial charge in [0.25, 0.3) is 5.91 Å². The van der Waals surface area contributed by atoms with Gasteiger partial charge >= 0.3 is 0 Å². The van der Waals surface area contributed by atoms with Crippen molar-refractivity contribution >= 4 is 29.2 Å². The predicted molar refractivity (Wildman–Crippen MR) is 59.4 cm³/mol. The maximum Gasteiger partial charge on any atom is 0.264 e. The summed E-state index contributed by atoms with van der Waals surface area (Å²) in [5.41, 5.74) is 6.62. The first-order chi connectivity index (χ1) is 7.75. The van der Waals surface area contributed by atoms with Crippen molar-refractivity contribution in [2.45, 2.75) is 9.92 Å². The van der Waals surface area contributed by atoms with Crippen LogP contribution in [0.15, 0.2) is 38.7 Å². The number of para-hydroxylation sites is 1. The summed E-state index contributed by atoms with van der Waals surface area (Å²) in [4.78, 5) is 12.8. The molecule has 0 radical (unpaired) electrons. The van der Waals surface area contributed by atoms with Gasteiger partial charge in [-0.3, -0.25) is 4.79 Å². The molecule has 0 aliphatic carbocycles. The summed E-state index contributed by atoms with van der Waals surface area (Å²) >= 11 is 1.36. The van der Waals surface area contributed by atoms with Gasteiger partial charge in [0.15, 0.2) is 5.03 Å². The summed E-state index contributed by atoms with van der Waals surface area (Å²) in [5.74, 6) is -0.237. The summed E-state index contributed by atoms with van der Waals surface area (Å²) in [6.07, 6.45) is 0. The summed E-state index contributed by atoms with van der Waals surface area (Å²) in [6.45, 7) is 0. The van der Waals surface area contributed by atoms with Gasteiger partial charge in [-0.15, -0.1) is 0 Å². The van der Waals surface area contributed by atoms with Gasteiger partial charge in [0.05, 0.1) is 5.69 Å². The Kier molecular flexibility index (Phi) is 1.90. The molecule has 80 valence electrons. The van der Waals surface area contributed by atoms with E-state index in [-0.39, 0.29) is 11.8 Å². The molecule has 3 rings (SSSR count). The monoisotopic (exact) mass is 233 g/mol. The lowest BCUT2D eigenvalue weighted by molar-refractivity contribution is 0.102. The number of fused-ring (bicyclic) bond motifs is 2. The second kappa shape index (κ2) is 3.28. The standard InChI is InChI=1S/C10H7N3O2S/c11-8-7-9(14)12-5-3-1-2-4-6(5)16-10(7)13-15-8/h1-4H,11H2,(H,12,14). The van der Waals surface area contributed by atoms with E-state index in [4.69, 9.17) is 10.3 Å². The maximum atomic E-state index is 11.8. The van der Waals surface area contributed by atoms with E-state index in [9.17, 15) is 4.79 Å². The number of nitrogens with two attached hydrogens (primary N) is 1. The van der Waals surface area contributed by atoms with E-state index in [0.29, 0.717) is 10.6 Å². The van der Waals surface area contributed by atoms with Gasteiger partial charge in [0.1, 0.15) is 5.56 Å². The van der Waals surface area contributed by atoms with Crippen LogP contribution in [0.4, 0.5) is 11.6 Å². The van der Waals surface area contributed by atoms with Gasteiger partial charge in [0.2, 0.25) is 5.88 Å². The molecule has 1 aromatic heterocycles. The number of anilines is 2. The second-order valence-electron chi connectivity index (χ2n) is 3.28. The number of carbonyl (C=O) groups excluding carboxylic acids is 1. The number of hydrogen-bond acceptors (Lipinski definition) is 5. The first kappa shape index (κ1) is 9.29. The molecule has 1 amide bonds. The van der Waals surface area contributed by atoms with E-state index in [1.807, 2.05) is 24.3 Å². The topological polar surface area (TPSA) is 81.2 Å². The lowest BCUT2D eigenvalue weighted by Crippen LogP contribution is -2.12. The maximum absolute atomic E-state index is 11.8. The van der Waals surface area contributed by atoms with Crippen molar-refractivity contribution < 1.29 is 9.32 Å². The third kappa shape index (κ3) is 1.27. The number of hydrogen-bond donors (Lipinski definition) is 2. The van der Waals surface area contributed by atoms with E-state index >= 15 is 0 Å². The van der Waals surface area contributed by atoms with Crippen LogP contribution in [0.5, 0.6) is 0 Å². The van der Waals surface area contributed by atoms with E-state index in [0.717, 1.165) is 10.6 Å². The Morgan fingerprint density at radius 2 is 2.19 bits per heavy atom. The summed E-state index contributed by atoms with van der Waals surface area (Å²) in [6, 6.07) is 7.49. The molecule has 2 aromatic rings. The molecule has 0 saturated heterocycles. The zero-order valence-corrected chi connectivity index (χ0v) is 8.88. The van der Waals surface area contributed by atoms with E-state index in [1.54, 1.807) is 0 Å². The fourth-order valence-corrected chi connectivity index (χ4v) is 2.47. The minimum atomic E-state index is -0.286. The third-order valence-electron chi connectivity index (χ3n) is 2.26. The summed E-state index contributed by atoms with van der Waals surface area (Å²) in [5, 5.41) is 7.03. The van der Waals surface area contributed by atoms with Crippen molar-refractivity contribution in [3.05, 3.63) is 29.8 Å². The Labute approximate surface area is 95.0 Å². The molecule has 0 spiro atoms. The predicted octanol–water partition coefficient (Wildman–Crippen LogP) is 1.97.